The van der Waals surface area contributed by atoms with E-state index in [1.807, 2.05) is 38.1 Å². The summed E-state index contributed by atoms with van der Waals surface area (Å²) in [6.45, 7) is 5.86. The third-order valence-corrected chi connectivity index (χ3v) is 4.81. The largest absolute Gasteiger partial charge is 0.496 e. The van der Waals surface area contributed by atoms with E-state index in [0.717, 1.165) is 44.9 Å². The van der Waals surface area contributed by atoms with Crippen LogP contribution in [0.2, 0.25) is 0 Å². The first-order valence-corrected chi connectivity index (χ1v) is 9.01. The summed E-state index contributed by atoms with van der Waals surface area (Å²) in [5, 5.41) is 8.38. The monoisotopic (exact) mass is 374 g/mol. The molecule has 0 amide bonds. The Kier molecular flexibility index (Phi) is 4.39. The first-order valence-electron chi connectivity index (χ1n) is 9.01. The Morgan fingerprint density at radius 3 is 2.61 bits per heavy atom. The molecule has 0 aliphatic heterocycles. The second-order valence-corrected chi connectivity index (χ2v) is 6.85. The first-order chi connectivity index (χ1) is 13.5. The molecular weight excluding hydrogens is 352 g/mol. The zero-order valence-electron chi connectivity index (χ0n) is 16.3. The van der Waals surface area contributed by atoms with Gasteiger partial charge in [-0.1, -0.05) is 17.3 Å². The van der Waals surface area contributed by atoms with E-state index in [9.17, 15) is 0 Å². The number of nitrogens with zero attached hydrogens (tertiary/aromatic N) is 2. The van der Waals surface area contributed by atoms with E-state index in [4.69, 9.17) is 15.0 Å². The van der Waals surface area contributed by atoms with Gasteiger partial charge >= 0.3 is 0 Å². The number of nitrogens with one attached hydrogen (secondary N) is 1. The Bertz CT molecular complexity index is 1160. The molecule has 6 nitrogen and oxygen atoms in total. The van der Waals surface area contributed by atoms with Gasteiger partial charge < -0.3 is 20.3 Å². The van der Waals surface area contributed by atoms with Crippen LogP contribution < -0.4 is 15.8 Å². The van der Waals surface area contributed by atoms with Crippen LogP contribution in [0, 0.1) is 20.8 Å². The predicted octanol–water partition coefficient (Wildman–Crippen LogP) is 5.15. The molecule has 0 aliphatic rings. The number of benzene rings is 2. The molecule has 0 saturated carbocycles. The zero-order chi connectivity index (χ0) is 19.8. The summed E-state index contributed by atoms with van der Waals surface area (Å²) < 4.78 is 11.0. The highest BCUT2D eigenvalue weighted by atomic mass is 16.5. The lowest BCUT2D eigenvalue weighted by Crippen LogP contribution is -2.00. The summed E-state index contributed by atoms with van der Waals surface area (Å²) in [5.41, 5.74) is 13.2. The number of aromatic nitrogens is 2. The van der Waals surface area contributed by atoms with Crippen LogP contribution in [0.3, 0.4) is 0 Å². The molecule has 4 aromatic rings. The van der Waals surface area contributed by atoms with Crippen molar-refractivity contribution in [1.29, 1.82) is 0 Å². The molecule has 2 aromatic heterocycles. The molecule has 0 spiro atoms. The Hall–Kier alpha value is -3.54. The third kappa shape index (κ3) is 3.03. The molecule has 0 bridgehead atoms. The summed E-state index contributed by atoms with van der Waals surface area (Å²) in [5.74, 6) is 1.45. The molecule has 2 heterocycles. The third-order valence-electron chi connectivity index (χ3n) is 4.81. The highest BCUT2D eigenvalue weighted by Gasteiger charge is 2.19. The highest BCUT2D eigenvalue weighted by Crippen LogP contribution is 2.40. The van der Waals surface area contributed by atoms with Crippen molar-refractivity contribution in [2.45, 2.75) is 20.8 Å². The van der Waals surface area contributed by atoms with Crippen molar-refractivity contribution in [3.63, 3.8) is 0 Å². The van der Waals surface area contributed by atoms with Crippen molar-refractivity contribution in [3.05, 3.63) is 59.6 Å². The van der Waals surface area contributed by atoms with E-state index in [2.05, 4.69) is 34.5 Å². The van der Waals surface area contributed by atoms with Gasteiger partial charge in [0.1, 0.15) is 11.5 Å². The van der Waals surface area contributed by atoms with Crippen molar-refractivity contribution in [2.24, 2.45) is 0 Å². The molecule has 0 fully saturated rings. The van der Waals surface area contributed by atoms with Crippen LogP contribution in [0.15, 0.2) is 47.1 Å². The van der Waals surface area contributed by atoms with Crippen LogP contribution in [0.1, 0.15) is 17.0 Å². The normalized spacial score (nSPS) is 11.0. The van der Waals surface area contributed by atoms with Gasteiger partial charge in [-0.05, 0) is 50.6 Å². The number of hydrogen-bond donors (Lipinski definition) is 2. The summed E-state index contributed by atoms with van der Waals surface area (Å²) in [7, 11) is 1.65. The maximum Gasteiger partial charge on any atom is 0.141 e. The maximum atomic E-state index is 6.25. The second kappa shape index (κ2) is 6.88. The predicted molar refractivity (Wildman–Crippen MR) is 112 cm³/mol. The standard InChI is InChI=1S/C22H22N4O2/c1-12-6-5-7-15(8-12)25-22-16-10-20(27-4)17(9-19(16)24-11-18(22)23)21-13(2)26-28-14(21)3/h5-11H,23H2,1-4H3,(H,24,25). The summed E-state index contributed by atoms with van der Waals surface area (Å²) in [4.78, 5) is 4.53. The number of anilines is 3. The Morgan fingerprint density at radius 2 is 1.93 bits per heavy atom. The number of nitrogens with two attached hydrogens (primary N) is 1. The minimum absolute atomic E-state index is 0.571. The van der Waals surface area contributed by atoms with Gasteiger partial charge in [0.15, 0.2) is 0 Å². The number of hydrogen-bond acceptors (Lipinski definition) is 6. The molecule has 0 unspecified atom stereocenters. The number of fused-ring (bicyclic) bond motifs is 1. The summed E-state index contributed by atoms with van der Waals surface area (Å²) in [6.07, 6.45) is 1.67. The minimum atomic E-state index is 0.571. The van der Waals surface area contributed by atoms with Crippen molar-refractivity contribution >= 4 is 28.0 Å². The molecule has 0 aliphatic carbocycles. The van der Waals surface area contributed by atoms with E-state index < -0.39 is 0 Å². The lowest BCUT2D eigenvalue weighted by atomic mass is 10.00. The van der Waals surface area contributed by atoms with Crippen LogP contribution in [0.5, 0.6) is 5.75 Å². The van der Waals surface area contributed by atoms with Gasteiger partial charge in [-0.3, -0.25) is 4.98 Å². The minimum Gasteiger partial charge on any atom is -0.496 e. The van der Waals surface area contributed by atoms with E-state index >= 15 is 0 Å². The molecule has 0 atom stereocenters. The molecule has 2 aromatic carbocycles. The lowest BCUT2D eigenvalue weighted by Gasteiger charge is -2.15. The van der Waals surface area contributed by atoms with Gasteiger partial charge in [0.2, 0.25) is 0 Å². The van der Waals surface area contributed by atoms with E-state index in [0.29, 0.717) is 11.4 Å². The summed E-state index contributed by atoms with van der Waals surface area (Å²) >= 11 is 0. The molecule has 6 heteroatoms. The fourth-order valence-electron chi connectivity index (χ4n) is 3.47. The van der Waals surface area contributed by atoms with E-state index in [1.165, 1.54) is 5.56 Å². The van der Waals surface area contributed by atoms with Gasteiger partial charge in [-0.15, -0.1) is 0 Å². The van der Waals surface area contributed by atoms with Crippen LogP contribution in [-0.2, 0) is 0 Å². The van der Waals surface area contributed by atoms with Crippen LogP contribution in [0.25, 0.3) is 22.0 Å². The Balaban J connectivity index is 1.92. The average Bonchev–Trinajstić information content (AvgIpc) is 3.01. The Labute approximate surface area is 163 Å². The molecule has 0 saturated heterocycles. The molecule has 0 radical (unpaired) electrons. The smallest absolute Gasteiger partial charge is 0.141 e. The van der Waals surface area contributed by atoms with Crippen LogP contribution >= 0.6 is 0 Å². The van der Waals surface area contributed by atoms with Gasteiger partial charge in [0, 0.05) is 16.6 Å². The second-order valence-electron chi connectivity index (χ2n) is 6.85. The number of methoxy groups -OCH3 is 1. The quantitative estimate of drug-likeness (QED) is 0.514. The molecule has 28 heavy (non-hydrogen) atoms. The van der Waals surface area contributed by atoms with Gasteiger partial charge in [0.05, 0.1) is 41.5 Å². The van der Waals surface area contributed by atoms with Crippen LogP contribution in [0.4, 0.5) is 17.1 Å². The number of nitrogen functional groups attached to an aromatic ring is 1. The fraction of sp³-hybridized carbons (Fsp3) is 0.182. The number of ether oxygens (including phenoxy) is 1. The number of rotatable bonds is 4. The number of aryl methyl sites for hydroxylation is 3. The van der Waals surface area contributed by atoms with Crippen molar-refractivity contribution in [1.82, 2.24) is 10.1 Å². The van der Waals surface area contributed by atoms with Crippen molar-refractivity contribution in [2.75, 3.05) is 18.2 Å². The number of pyridine rings is 1. The molecular formula is C22H22N4O2. The molecule has 3 N–H and O–H groups in total. The molecule has 142 valence electrons. The van der Waals surface area contributed by atoms with E-state index in [1.54, 1.807) is 13.3 Å². The van der Waals surface area contributed by atoms with Gasteiger partial charge in [0.25, 0.3) is 0 Å². The van der Waals surface area contributed by atoms with Gasteiger partial charge in [-0.2, -0.15) is 0 Å². The average molecular weight is 374 g/mol. The van der Waals surface area contributed by atoms with Crippen LogP contribution in [-0.4, -0.2) is 17.3 Å². The van der Waals surface area contributed by atoms with Gasteiger partial charge in [-0.25, -0.2) is 0 Å². The first kappa shape index (κ1) is 17.9. The lowest BCUT2D eigenvalue weighted by molar-refractivity contribution is 0.393. The van der Waals surface area contributed by atoms with Crippen molar-refractivity contribution in [3.8, 4) is 16.9 Å². The fourth-order valence-corrected chi connectivity index (χ4v) is 3.47. The maximum absolute atomic E-state index is 6.25. The topological polar surface area (TPSA) is 86.2 Å². The Morgan fingerprint density at radius 1 is 1.11 bits per heavy atom. The summed E-state index contributed by atoms with van der Waals surface area (Å²) in [6, 6.07) is 12.1. The van der Waals surface area contributed by atoms with E-state index in [-0.39, 0.29) is 0 Å². The highest BCUT2D eigenvalue weighted by molar-refractivity contribution is 6.02. The zero-order valence-corrected chi connectivity index (χ0v) is 16.3. The van der Waals surface area contributed by atoms with Crippen molar-refractivity contribution < 1.29 is 9.26 Å². The SMILES string of the molecule is COc1cc2c(Nc3cccc(C)c3)c(N)cnc2cc1-c1c(C)noc1C. The molecule has 4 rings (SSSR count).